The number of nitrogens with two attached hydrogens (primary N) is 1. The number of hydrogen-bond donors (Lipinski definition) is 2. The Morgan fingerprint density at radius 3 is 2.56 bits per heavy atom. The minimum Gasteiger partial charge on any atom is -0.365 e. The van der Waals surface area contributed by atoms with Crippen LogP contribution in [0.5, 0.6) is 0 Å². The number of nitrogens with one attached hydrogen (secondary N) is 1. The standard InChI is InChI=1S/C16H14ClF2N5O2S/c1-5-4-7(13(18)19)21-16-8(5)10(12(27-16)14(20)25)22-15(26)11-9(17)6(2)24(3)23-11/h4,13H,1-3H3,(H2,20,25)(H,22,26). The summed E-state index contributed by atoms with van der Waals surface area (Å²) in [5, 5.41) is 7.18. The third-order valence-corrected chi connectivity index (χ3v) is 5.59. The molecule has 0 unspecified atom stereocenters. The van der Waals surface area contributed by atoms with Crippen molar-refractivity contribution in [3.8, 4) is 0 Å². The summed E-state index contributed by atoms with van der Waals surface area (Å²) in [7, 11) is 1.63. The van der Waals surface area contributed by atoms with Crippen LogP contribution in [0, 0.1) is 13.8 Å². The maximum atomic E-state index is 13.0. The Balaban J connectivity index is 2.15. The highest BCUT2D eigenvalue weighted by molar-refractivity contribution is 7.21. The summed E-state index contributed by atoms with van der Waals surface area (Å²) in [5.41, 5.74) is 6.08. The summed E-state index contributed by atoms with van der Waals surface area (Å²) in [6.45, 7) is 3.28. The average molecular weight is 414 g/mol. The lowest BCUT2D eigenvalue weighted by Crippen LogP contribution is -2.17. The third-order valence-electron chi connectivity index (χ3n) is 4.04. The normalized spacial score (nSPS) is 11.4. The van der Waals surface area contributed by atoms with Crippen molar-refractivity contribution in [2.75, 3.05) is 5.32 Å². The van der Waals surface area contributed by atoms with Gasteiger partial charge in [0, 0.05) is 12.4 Å². The maximum Gasteiger partial charge on any atom is 0.280 e. The zero-order valence-corrected chi connectivity index (χ0v) is 16.0. The molecule has 0 bridgehead atoms. The number of thiophene rings is 1. The molecule has 3 heterocycles. The van der Waals surface area contributed by atoms with Crippen molar-refractivity contribution in [1.29, 1.82) is 0 Å². The molecule has 142 valence electrons. The molecular formula is C16H14ClF2N5O2S. The Bertz CT molecular complexity index is 1090. The lowest BCUT2D eigenvalue weighted by Gasteiger charge is -2.07. The van der Waals surface area contributed by atoms with Crippen LogP contribution < -0.4 is 11.1 Å². The predicted molar refractivity (Wildman–Crippen MR) is 98.7 cm³/mol. The van der Waals surface area contributed by atoms with Crippen molar-refractivity contribution in [3.63, 3.8) is 0 Å². The molecule has 11 heteroatoms. The zero-order chi connectivity index (χ0) is 20.0. The van der Waals surface area contributed by atoms with E-state index in [1.165, 1.54) is 10.7 Å². The maximum absolute atomic E-state index is 13.0. The molecule has 7 nitrogen and oxygen atoms in total. The Morgan fingerprint density at radius 1 is 1.37 bits per heavy atom. The molecule has 2 amide bonds. The molecule has 0 atom stereocenters. The van der Waals surface area contributed by atoms with Gasteiger partial charge in [0.05, 0.1) is 16.4 Å². The number of aromatic nitrogens is 3. The number of alkyl halides is 2. The van der Waals surface area contributed by atoms with Crippen LogP contribution in [0.4, 0.5) is 14.5 Å². The molecule has 0 aliphatic heterocycles. The van der Waals surface area contributed by atoms with Crippen molar-refractivity contribution >= 4 is 50.7 Å². The number of rotatable bonds is 4. The van der Waals surface area contributed by atoms with Gasteiger partial charge in [0.15, 0.2) is 5.69 Å². The smallest absolute Gasteiger partial charge is 0.280 e. The Labute approximate surface area is 161 Å². The second-order valence-corrected chi connectivity index (χ2v) is 7.22. The van der Waals surface area contributed by atoms with Gasteiger partial charge in [0.2, 0.25) is 0 Å². The van der Waals surface area contributed by atoms with Gasteiger partial charge in [-0.1, -0.05) is 11.6 Å². The number of primary amides is 1. The quantitative estimate of drug-likeness (QED) is 0.682. The summed E-state index contributed by atoms with van der Waals surface area (Å²) >= 11 is 6.96. The monoisotopic (exact) mass is 413 g/mol. The molecule has 0 saturated heterocycles. The van der Waals surface area contributed by atoms with Crippen molar-refractivity contribution < 1.29 is 18.4 Å². The predicted octanol–water partition coefficient (Wildman–Crippen LogP) is 3.59. The van der Waals surface area contributed by atoms with E-state index in [1.54, 1.807) is 20.9 Å². The Morgan fingerprint density at radius 2 is 2.04 bits per heavy atom. The topological polar surface area (TPSA) is 103 Å². The van der Waals surface area contributed by atoms with Gasteiger partial charge in [-0.2, -0.15) is 5.10 Å². The number of anilines is 1. The first-order chi connectivity index (χ1) is 12.6. The first-order valence-corrected chi connectivity index (χ1v) is 8.83. The number of nitrogens with zero attached hydrogens (tertiary/aromatic N) is 3. The fourth-order valence-corrected chi connectivity index (χ4v) is 3.92. The van der Waals surface area contributed by atoms with E-state index in [2.05, 4.69) is 15.4 Å². The van der Waals surface area contributed by atoms with Crippen LogP contribution in [0.15, 0.2) is 6.07 Å². The van der Waals surface area contributed by atoms with Gasteiger partial charge in [0.1, 0.15) is 15.4 Å². The molecule has 0 fully saturated rings. The molecule has 0 saturated carbocycles. The Hall–Kier alpha value is -2.59. The fraction of sp³-hybridized carbons (Fsp3) is 0.250. The van der Waals surface area contributed by atoms with Crippen LogP contribution >= 0.6 is 22.9 Å². The minimum atomic E-state index is -2.76. The van der Waals surface area contributed by atoms with Crippen molar-refractivity contribution in [1.82, 2.24) is 14.8 Å². The highest BCUT2D eigenvalue weighted by Gasteiger charge is 2.25. The highest BCUT2D eigenvalue weighted by atomic mass is 35.5. The van der Waals surface area contributed by atoms with Crippen LogP contribution in [0.25, 0.3) is 10.2 Å². The number of aryl methyl sites for hydroxylation is 2. The Kier molecular flexibility index (Phi) is 4.87. The van der Waals surface area contributed by atoms with Crippen molar-refractivity contribution in [2.45, 2.75) is 20.3 Å². The number of carbonyl (C=O) groups is 2. The number of pyridine rings is 1. The molecule has 27 heavy (non-hydrogen) atoms. The van der Waals surface area contributed by atoms with E-state index < -0.39 is 23.9 Å². The number of fused-ring (bicyclic) bond motifs is 1. The van der Waals surface area contributed by atoms with E-state index in [9.17, 15) is 18.4 Å². The van der Waals surface area contributed by atoms with Crippen molar-refractivity contribution in [3.05, 3.63) is 38.6 Å². The molecule has 0 aliphatic rings. The molecule has 3 aromatic heterocycles. The number of carbonyl (C=O) groups excluding carboxylic acids is 2. The summed E-state index contributed by atoms with van der Waals surface area (Å²) in [5.74, 6) is -1.46. The first kappa shape index (κ1) is 19.2. The lowest BCUT2D eigenvalue weighted by atomic mass is 10.1. The van der Waals surface area contributed by atoms with E-state index in [1.807, 2.05) is 0 Å². The van der Waals surface area contributed by atoms with Crippen LogP contribution in [0.3, 0.4) is 0 Å². The van der Waals surface area contributed by atoms with Gasteiger partial charge in [-0.15, -0.1) is 11.3 Å². The molecule has 0 aliphatic carbocycles. The molecule has 0 radical (unpaired) electrons. The van der Waals surface area contributed by atoms with Gasteiger partial charge in [-0.05, 0) is 25.5 Å². The van der Waals surface area contributed by atoms with Gasteiger partial charge in [0.25, 0.3) is 18.2 Å². The second kappa shape index (κ2) is 6.86. The number of amides is 2. The molecule has 0 spiro atoms. The SMILES string of the molecule is Cc1cc(C(F)F)nc2sc(C(N)=O)c(NC(=O)c3nn(C)c(C)c3Cl)c12. The van der Waals surface area contributed by atoms with E-state index in [-0.39, 0.29) is 26.1 Å². The van der Waals surface area contributed by atoms with E-state index in [0.29, 0.717) is 16.6 Å². The molecular weight excluding hydrogens is 400 g/mol. The minimum absolute atomic E-state index is 0.00384. The van der Waals surface area contributed by atoms with Crippen molar-refractivity contribution in [2.24, 2.45) is 12.8 Å². The highest BCUT2D eigenvalue weighted by Crippen LogP contribution is 2.38. The molecule has 3 aromatic rings. The molecule has 3 N–H and O–H groups in total. The first-order valence-electron chi connectivity index (χ1n) is 7.64. The largest absolute Gasteiger partial charge is 0.365 e. The van der Waals surface area contributed by atoms with Gasteiger partial charge >= 0.3 is 0 Å². The van der Waals surface area contributed by atoms with Gasteiger partial charge in [-0.3, -0.25) is 14.3 Å². The number of hydrogen-bond acceptors (Lipinski definition) is 5. The van der Waals surface area contributed by atoms with Gasteiger partial charge < -0.3 is 11.1 Å². The summed E-state index contributed by atoms with van der Waals surface area (Å²) in [4.78, 5) is 28.5. The van der Waals surface area contributed by atoms with E-state index in [0.717, 1.165) is 11.3 Å². The third kappa shape index (κ3) is 3.26. The second-order valence-electron chi connectivity index (χ2n) is 5.84. The van der Waals surface area contributed by atoms with E-state index >= 15 is 0 Å². The average Bonchev–Trinajstić information content (AvgIpc) is 3.08. The summed E-state index contributed by atoms with van der Waals surface area (Å²) < 4.78 is 27.5. The van der Waals surface area contributed by atoms with Crippen LogP contribution in [0.2, 0.25) is 5.02 Å². The van der Waals surface area contributed by atoms with Crippen LogP contribution in [0.1, 0.15) is 43.5 Å². The molecule has 0 aromatic carbocycles. The summed E-state index contributed by atoms with van der Waals surface area (Å²) in [6, 6.07) is 1.21. The van der Waals surface area contributed by atoms with Gasteiger partial charge in [-0.25, -0.2) is 13.8 Å². The van der Waals surface area contributed by atoms with Crippen LogP contribution in [-0.2, 0) is 7.05 Å². The zero-order valence-electron chi connectivity index (χ0n) is 14.4. The van der Waals surface area contributed by atoms with E-state index in [4.69, 9.17) is 17.3 Å². The molecule has 3 rings (SSSR count). The lowest BCUT2D eigenvalue weighted by molar-refractivity contribution is 0.100. The summed E-state index contributed by atoms with van der Waals surface area (Å²) in [6.07, 6.45) is -2.76. The number of halogens is 3. The van der Waals surface area contributed by atoms with Crippen LogP contribution in [-0.4, -0.2) is 26.6 Å². The fourth-order valence-electron chi connectivity index (χ4n) is 2.61.